The predicted molar refractivity (Wildman–Crippen MR) is 94.7 cm³/mol. The summed E-state index contributed by atoms with van der Waals surface area (Å²) in [5.41, 5.74) is 5.31. The molecular weight excluding hydrogens is 296 g/mol. The van der Waals surface area contributed by atoms with Crippen LogP contribution in [0.2, 0.25) is 0 Å². The van der Waals surface area contributed by atoms with Crippen molar-refractivity contribution >= 4 is 10.9 Å². The fourth-order valence-electron chi connectivity index (χ4n) is 3.84. The number of aromatic nitrogens is 3. The van der Waals surface area contributed by atoms with Crippen molar-refractivity contribution in [2.75, 3.05) is 6.54 Å². The van der Waals surface area contributed by atoms with E-state index in [2.05, 4.69) is 58.2 Å². The molecule has 5 rings (SSSR count). The first kappa shape index (κ1) is 14.2. The molecule has 0 N–H and O–H groups in total. The molecule has 122 valence electrons. The molecule has 1 aliphatic heterocycles. The highest BCUT2D eigenvalue weighted by molar-refractivity contribution is 5.83. The summed E-state index contributed by atoms with van der Waals surface area (Å²) in [4.78, 5) is 12.0. The monoisotopic (exact) mass is 318 g/mol. The molecule has 4 heteroatoms. The molecule has 2 aromatic heterocycles. The predicted octanol–water partition coefficient (Wildman–Crippen LogP) is 3.40. The molecule has 0 radical (unpaired) electrons. The number of rotatable bonds is 3. The van der Waals surface area contributed by atoms with E-state index in [1.165, 1.54) is 40.6 Å². The van der Waals surface area contributed by atoms with Crippen LogP contribution in [0.5, 0.6) is 0 Å². The maximum absolute atomic E-state index is 4.88. The van der Waals surface area contributed by atoms with Crippen molar-refractivity contribution in [3.05, 3.63) is 59.3 Å². The molecule has 0 spiro atoms. The fraction of sp³-hybridized carbons (Fsp3) is 0.400. The van der Waals surface area contributed by atoms with E-state index in [4.69, 9.17) is 4.98 Å². The van der Waals surface area contributed by atoms with Crippen LogP contribution in [-0.4, -0.2) is 26.0 Å². The largest absolute Gasteiger partial charge is 0.350 e. The van der Waals surface area contributed by atoms with Crippen molar-refractivity contribution in [3.63, 3.8) is 0 Å². The summed E-state index contributed by atoms with van der Waals surface area (Å²) in [7, 11) is 2.13. The number of fused-ring (bicyclic) bond motifs is 2. The first-order valence-corrected chi connectivity index (χ1v) is 8.88. The van der Waals surface area contributed by atoms with Crippen molar-refractivity contribution < 1.29 is 0 Å². The van der Waals surface area contributed by atoms with Gasteiger partial charge in [0.15, 0.2) is 0 Å². The molecule has 0 unspecified atom stereocenters. The molecule has 2 aliphatic rings. The van der Waals surface area contributed by atoms with Crippen LogP contribution in [-0.2, 0) is 26.6 Å². The van der Waals surface area contributed by atoms with E-state index in [1.807, 2.05) is 0 Å². The quantitative estimate of drug-likeness (QED) is 0.742. The zero-order valence-corrected chi connectivity index (χ0v) is 14.1. The highest BCUT2D eigenvalue weighted by Gasteiger charge is 2.28. The van der Waals surface area contributed by atoms with Gasteiger partial charge in [0.2, 0.25) is 0 Å². The molecule has 1 aliphatic carbocycles. The summed E-state index contributed by atoms with van der Waals surface area (Å²) in [6.07, 6.45) is 7.93. The third kappa shape index (κ3) is 2.42. The first-order chi connectivity index (χ1) is 11.8. The second-order valence-corrected chi connectivity index (χ2v) is 7.22. The number of hydrogen-bond donors (Lipinski definition) is 0. The number of nitrogens with zero attached hydrogens (tertiary/aromatic N) is 4. The van der Waals surface area contributed by atoms with Crippen molar-refractivity contribution in [2.45, 2.75) is 38.3 Å². The molecule has 3 aromatic rings. The minimum atomic E-state index is 0.628. The van der Waals surface area contributed by atoms with E-state index in [0.29, 0.717) is 5.92 Å². The van der Waals surface area contributed by atoms with Gasteiger partial charge in [-0.25, -0.2) is 9.97 Å². The number of benzene rings is 1. The average molecular weight is 318 g/mol. The normalized spacial score (nSPS) is 18.0. The third-order valence-corrected chi connectivity index (χ3v) is 5.36. The molecule has 24 heavy (non-hydrogen) atoms. The van der Waals surface area contributed by atoms with Gasteiger partial charge in [0.05, 0.1) is 5.69 Å². The molecule has 1 aromatic carbocycles. The second-order valence-electron chi connectivity index (χ2n) is 7.22. The molecule has 0 amide bonds. The van der Waals surface area contributed by atoms with E-state index in [1.54, 1.807) is 0 Å². The topological polar surface area (TPSA) is 34.0 Å². The average Bonchev–Trinajstić information content (AvgIpc) is 3.41. The van der Waals surface area contributed by atoms with Crippen LogP contribution in [0.1, 0.15) is 41.4 Å². The van der Waals surface area contributed by atoms with Crippen molar-refractivity contribution in [3.8, 4) is 0 Å². The Morgan fingerprint density at radius 1 is 1.21 bits per heavy atom. The van der Waals surface area contributed by atoms with Gasteiger partial charge in [-0.2, -0.15) is 0 Å². The zero-order valence-electron chi connectivity index (χ0n) is 14.1. The summed E-state index contributed by atoms with van der Waals surface area (Å²) >= 11 is 0. The van der Waals surface area contributed by atoms with Gasteiger partial charge in [0.25, 0.3) is 0 Å². The maximum atomic E-state index is 4.88. The Morgan fingerprint density at radius 2 is 2.08 bits per heavy atom. The fourth-order valence-corrected chi connectivity index (χ4v) is 3.84. The lowest BCUT2D eigenvalue weighted by atomic mass is 10.1. The van der Waals surface area contributed by atoms with Gasteiger partial charge >= 0.3 is 0 Å². The minimum Gasteiger partial charge on any atom is -0.350 e. The molecular formula is C20H22N4. The summed E-state index contributed by atoms with van der Waals surface area (Å²) in [5, 5.41) is 1.37. The van der Waals surface area contributed by atoms with Gasteiger partial charge in [-0.15, -0.1) is 0 Å². The molecule has 1 saturated carbocycles. The van der Waals surface area contributed by atoms with Crippen molar-refractivity contribution in [1.82, 2.24) is 19.4 Å². The summed E-state index contributed by atoms with van der Waals surface area (Å²) in [6.45, 7) is 3.02. The van der Waals surface area contributed by atoms with Crippen LogP contribution in [0, 0.1) is 0 Å². The molecule has 0 saturated heterocycles. The van der Waals surface area contributed by atoms with Crippen molar-refractivity contribution in [1.29, 1.82) is 0 Å². The number of aryl methyl sites for hydroxylation is 1. The van der Waals surface area contributed by atoms with Gasteiger partial charge < -0.3 is 4.57 Å². The Kier molecular flexibility index (Phi) is 3.20. The number of para-hydroxylation sites is 1. The summed E-state index contributed by atoms with van der Waals surface area (Å²) < 4.78 is 2.23. The standard InChI is InChI=1S/C20H22N4/c1-23-11-16(17-4-2-3-5-19(17)23)12-24-9-8-15-10-21-20(14-6-7-14)22-18(15)13-24/h2-5,10-11,14H,6-9,12-13H2,1H3. The van der Waals surface area contributed by atoms with Crippen LogP contribution in [0.15, 0.2) is 36.7 Å². The maximum Gasteiger partial charge on any atom is 0.131 e. The van der Waals surface area contributed by atoms with E-state index in [9.17, 15) is 0 Å². The van der Waals surface area contributed by atoms with Crippen LogP contribution in [0.25, 0.3) is 10.9 Å². The Bertz CT molecular complexity index is 907. The van der Waals surface area contributed by atoms with Gasteiger partial charge in [0, 0.05) is 55.9 Å². The van der Waals surface area contributed by atoms with Gasteiger partial charge in [-0.3, -0.25) is 4.90 Å². The second kappa shape index (κ2) is 5.42. The van der Waals surface area contributed by atoms with Crippen LogP contribution >= 0.6 is 0 Å². The summed E-state index contributed by atoms with van der Waals surface area (Å²) in [5.74, 6) is 1.70. The smallest absolute Gasteiger partial charge is 0.131 e. The zero-order chi connectivity index (χ0) is 16.1. The van der Waals surface area contributed by atoms with E-state index in [-0.39, 0.29) is 0 Å². The molecule has 3 heterocycles. The Morgan fingerprint density at radius 3 is 2.96 bits per heavy atom. The molecule has 1 fully saturated rings. The van der Waals surface area contributed by atoms with Gasteiger partial charge in [-0.05, 0) is 36.5 Å². The van der Waals surface area contributed by atoms with Crippen LogP contribution in [0.4, 0.5) is 0 Å². The van der Waals surface area contributed by atoms with Crippen LogP contribution < -0.4 is 0 Å². The highest BCUT2D eigenvalue weighted by Crippen LogP contribution is 2.38. The molecule has 4 nitrogen and oxygen atoms in total. The Labute approximate surface area is 142 Å². The van der Waals surface area contributed by atoms with Gasteiger partial charge in [0.1, 0.15) is 5.82 Å². The third-order valence-electron chi connectivity index (χ3n) is 5.36. The highest BCUT2D eigenvalue weighted by atomic mass is 15.1. The van der Waals surface area contributed by atoms with E-state index in [0.717, 1.165) is 31.9 Å². The van der Waals surface area contributed by atoms with Crippen molar-refractivity contribution in [2.24, 2.45) is 7.05 Å². The lowest BCUT2D eigenvalue weighted by molar-refractivity contribution is 0.241. The minimum absolute atomic E-state index is 0.628. The lowest BCUT2D eigenvalue weighted by Gasteiger charge is -2.27. The summed E-state index contributed by atoms with van der Waals surface area (Å²) in [6, 6.07) is 8.67. The lowest BCUT2D eigenvalue weighted by Crippen LogP contribution is -2.31. The molecule has 0 bridgehead atoms. The van der Waals surface area contributed by atoms with Gasteiger partial charge in [-0.1, -0.05) is 18.2 Å². The Balaban J connectivity index is 1.41. The SMILES string of the molecule is Cn1cc(CN2CCc3cnc(C4CC4)nc3C2)c2ccccc21. The number of hydrogen-bond acceptors (Lipinski definition) is 3. The molecule has 0 atom stereocenters. The van der Waals surface area contributed by atoms with E-state index >= 15 is 0 Å². The first-order valence-electron chi connectivity index (χ1n) is 8.88. The van der Waals surface area contributed by atoms with Crippen LogP contribution in [0.3, 0.4) is 0 Å². The Hall–Kier alpha value is -2.20. The van der Waals surface area contributed by atoms with E-state index < -0.39 is 0 Å².